The Labute approximate surface area is 141 Å². The Balaban J connectivity index is 2.66. The van der Waals surface area contributed by atoms with E-state index in [1.807, 2.05) is 0 Å². The lowest BCUT2D eigenvalue weighted by Gasteiger charge is -2.19. The van der Waals surface area contributed by atoms with E-state index in [2.05, 4.69) is 15.9 Å². The van der Waals surface area contributed by atoms with Gasteiger partial charge in [-0.25, -0.2) is 9.59 Å². The zero-order valence-corrected chi connectivity index (χ0v) is 14.9. The van der Waals surface area contributed by atoms with Crippen molar-refractivity contribution in [1.29, 1.82) is 0 Å². The number of ether oxygens (including phenoxy) is 2. The van der Waals surface area contributed by atoms with Gasteiger partial charge in [0.15, 0.2) is 0 Å². The molecule has 5 nitrogen and oxygen atoms in total. The molecule has 1 aromatic carbocycles. The second-order valence-electron chi connectivity index (χ2n) is 5.67. The van der Waals surface area contributed by atoms with Crippen LogP contribution in [0.5, 0.6) is 0 Å². The Morgan fingerprint density at radius 1 is 1.27 bits per heavy atom. The average molecular weight is 389 g/mol. The minimum absolute atomic E-state index is 0.265. The number of benzene rings is 1. The number of carbonyl (C=O) groups excluding carboxylic acids is 2. The van der Waals surface area contributed by atoms with Crippen LogP contribution >= 0.6 is 27.5 Å². The topological polar surface area (TPSA) is 57.5 Å². The van der Waals surface area contributed by atoms with Gasteiger partial charge in [-0.05, 0) is 48.8 Å². The lowest BCUT2D eigenvalue weighted by molar-refractivity contribution is 0.0544. The van der Waals surface area contributed by atoms with Crippen molar-refractivity contribution < 1.29 is 19.1 Å². The fourth-order valence-corrected chi connectivity index (χ4v) is 2.46. The van der Waals surface area contributed by atoms with Crippen LogP contribution in [0.4, 0.5) is 4.79 Å². The van der Waals surface area contributed by atoms with Crippen LogP contribution < -0.4 is 0 Å². The van der Waals surface area contributed by atoms with Gasteiger partial charge in [0.2, 0.25) is 0 Å². The highest BCUT2D eigenvalue weighted by Gasteiger charge is 2.24. The fourth-order valence-electron chi connectivity index (χ4n) is 1.95. The van der Waals surface area contributed by atoms with Gasteiger partial charge in [-0.3, -0.25) is 4.57 Å². The molecular formula is C15H15BrClNO4. The highest BCUT2D eigenvalue weighted by molar-refractivity contribution is 9.10. The molecule has 0 aliphatic rings. The molecule has 0 aliphatic carbocycles. The predicted octanol–water partition coefficient (Wildman–Crippen LogP) is 4.63. The quantitative estimate of drug-likeness (QED) is 0.669. The minimum Gasteiger partial charge on any atom is -0.465 e. The number of nitrogens with zero attached hydrogens (tertiary/aromatic N) is 1. The van der Waals surface area contributed by atoms with Crippen molar-refractivity contribution >= 4 is 50.5 Å². The first kappa shape index (κ1) is 16.8. The van der Waals surface area contributed by atoms with E-state index in [4.69, 9.17) is 21.1 Å². The number of esters is 1. The fraction of sp³-hybridized carbons (Fsp3) is 0.333. The molecule has 2 rings (SSSR count). The first-order valence-corrected chi connectivity index (χ1v) is 7.63. The Hall–Kier alpha value is -1.53. The molecule has 0 amide bonds. The maximum Gasteiger partial charge on any atom is 0.419 e. The summed E-state index contributed by atoms with van der Waals surface area (Å²) in [6.07, 6.45) is 0.805. The van der Waals surface area contributed by atoms with Gasteiger partial charge >= 0.3 is 12.1 Å². The van der Waals surface area contributed by atoms with Crippen molar-refractivity contribution in [2.45, 2.75) is 26.4 Å². The lowest BCUT2D eigenvalue weighted by Crippen LogP contribution is -2.26. The summed E-state index contributed by atoms with van der Waals surface area (Å²) in [4.78, 5) is 24.2. The third kappa shape index (κ3) is 3.28. The number of halogens is 2. The third-order valence-corrected chi connectivity index (χ3v) is 4.04. The number of aromatic nitrogens is 1. The second-order valence-corrected chi connectivity index (χ2v) is 6.93. The molecule has 2 aromatic rings. The second kappa shape index (κ2) is 5.93. The number of rotatable bonds is 1. The van der Waals surface area contributed by atoms with Crippen molar-refractivity contribution in [3.8, 4) is 0 Å². The van der Waals surface area contributed by atoms with Crippen LogP contribution in [0.2, 0.25) is 5.02 Å². The molecule has 0 fully saturated rings. The van der Waals surface area contributed by atoms with E-state index in [9.17, 15) is 9.59 Å². The molecule has 7 heteroatoms. The van der Waals surface area contributed by atoms with Gasteiger partial charge < -0.3 is 9.47 Å². The van der Waals surface area contributed by atoms with Gasteiger partial charge in [0.25, 0.3) is 0 Å². The SMILES string of the molecule is COC(=O)c1cn(C(=O)OC(C)(C)C)c2cc(Cl)c(Br)cc12. The van der Waals surface area contributed by atoms with Gasteiger partial charge in [0, 0.05) is 16.1 Å². The van der Waals surface area contributed by atoms with Crippen molar-refractivity contribution in [1.82, 2.24) is 4.57 Å². The molecule has 0 saturated heterocycles. The molecular weight excluding hydrogens is 374 g/mol. The number of hydrogen-bond donors (Lipinski definition) is 0. The first-order chi connectivity index (χ1) is 10.1. The third-order valence-electron chi connectivity index (χ3n) is 2.84. The van der Waals surface area contributed by atoms with Crippen LogP contribution in [0.1, 0.15) is 31.1 Å². The van der Waals surface area contributed by atoms with Crippen LogP contribution in [0.25, 0.3) is 10.9 Å². The highest BCUT2D eigenvalue weighted by atomic mass is 79.9. The van der Waals surface area contributed by atoms with Gasteiger partial charge in [-0.1, -0.05) is 11.6 Å². The molecule has 1 aromatic heterocycles. The molecule has 0 atom stereocenters. The average Bonchev–Trinajstić information content (AvgIpc) is 2.75. The highest BCUT2D eigenvalue weighted by Crippen LogP contribution is 2.32. The van der Waals surface area contributed by atoms with Gasteiger partial charge in [-0.2, -0.15) is 0 Å². The number of methoxy groups -OCH3 is 1. The molecule has 0 saturated carbocycles. The Bertz CT molecular complexity index is 761. The summed E-state index contributed by atoms with van der Waals surface area (Å²) >= 11 is 9.40. The van der Waals surface area contributed by atoms with Gasteiger partial charge in [0.05, 0.1) is 23.2 Å². The summed E-state index contributed by atoms with van der Waals surface area (Å²) in [5, 5.41) is 0.973. The Morgan fingerprint density at radius 2 is 1.91 bits per heavy atom. The van der Waals surface area contributed by atoms with E-state index in [1.165, 1.54) is 17.9 Å². The molecule has 0 spiro atoms. The van der Waals surface area contributed by atoms with Crippen LogP contribution in [0.3, 0.4) is 0 Å². The summed E-state index contributed by atoms with van der Waals surface area (Å²) in [7, 11) is 1.28. The zero-order valence-electron chi connectivity index (χ0n) is 12.6. The standard InChI is InChI=1S/C15H15BrClNO4/c1-15(2,3)22-14(20)18-7-9(13(19)21-4)8-5-10(16)11(17)6-12(8)18/h5-7H,1-4H3. The smallest absolute Gasteiger partial charge is 0.419 e. The van der Waals surface area contributed by atoms with Crippen LogP contribution in [0.15, 0.2) is 22.8 Å². The van der Waals surface area contributed by atoms with Crippen LogP contribution in [0, 0.1) is 0 Å². The molecule has 118 valence electrons. The minimum atomic E-state index is -0.655. The number of carbonyl (C=O) groups is 2. The predicted molar refractivity (Wildman–Crippen MR) is 87.6 cm³/mol. The molecule has 0 N–H and O–H groups in total. The van der Waals surface area contributed by atoms with E-state index in [0.29, 0.717) is 20.4 Å². The lowest BCUT2D eigenvalue weighted by atomic mass is 10.2. The Kier molecular flexibility index (Phi) is 4.54. The van der Waals surface area contributed by atoms with Gasteiger partial charge in [-0.15, -0.1) is 0 Å². The molecule has 0 bridgehead atoms. The summed E-state index contributed by atoms with van der Waals surface area (Å²) < 4.78 is 12.0. The molecule has 0 aliphatic heterocycles. The summed E-state index contributed by atoms with van der Waals surface area (Å²) in [6.45, 7) is 5.30. The summed E-state index contributed by atoms with van der Waals surface area (Å²) in [5.74, 6) is -0.540. The monoisotopic (exact) mass is 387 g/mol. The van der Waals surface area contributed by atoms with Crippen molar-refractivity contribution in [3.05, 3.63) is 33.4 Å². The number of fused-ring (bicyclic) bond motifs is 1. The van der Waals surface area contributed by atoms with E-state index in [0.717, 1.165) is 0 Å². The van der Waals surface area contributed by atoms with Crippen molar-refractivity contribution in [2.24, 2.45) is 0 Å². The first-order valence-electron chi connectivity index (χ1n) is 6.46. The van der Waals surface area contributed by atoms with Crippen LogP contribution in [-0.4, -0.2) is 29.3 Å². The van der Waals surface area contributed by atoms with Gasteiger partial charge in [0.1, 0.15) is 5.60 Å². The maximum absolute atomic E-state index is 12.3. The van der Waals surface area contributed by atoms with E-state index >= 15 is 0 Å². The van der Waals surface area contributed by atoms with E-state index < -0.39 is 17.7 Å². The van der Waals surface area contributed by atoms with E-state index in [1.54, 1.807) is 32.9 Å². The molecule has 22 heavy (non-hydrogen) atoms. The zero-order chi connectivity index (χ0) is 16.7. The van der Waals surface area contributed by atoms with Crippen molar-refractivity contribution in [3.63, 3.8) is 0 Å². The Morgan fingerprint density at radius 3 is 2.45 bits per heavy atom. The molecule has 0 unspecified atom stereocenters. The largest absolute Gasteiger partial charge is 0.465 e. The summed E-state index contributed by atoms with van der Waals surface area (Å²) in [5.41, 5.74) is 0.0849. The molecule has 1 heterocycles. The van der Waals surface area contributed by atoms with Crippen molar-refractivity contribution in [2.75, 3.05) is 7.11 Å². The number of hydrogen-bond acceptors (Lipinski definition) is 4. The molecule has 0 radical (unpaired) electrons. The van der Waals surface area contributed by atoms with E-state index in [-0.39, 0.29) is 5.56 Å². The summed E-state index contributed by atoms with van der Waals surface area (Å²) in [6, 6.07) is 3.27. The maximum atomic E-state index is 12.3. The van der Waals surface area contributed by atoms with Crippen LogP contribution in [-0.2, 0) is 9.47 Å². The normalized spacial score (nSPS) is 11.5.